The maximum absolute atomic E-state index is 11.9. The number of ether oxygens (including phenoxy) is 2. The average Bonchev–Trinajstić information content (AvgIpc) is 2.40. The summed E-state index contributed by atoms with van der Waals surface area (Å²) in [6.45, 7) is 2.51. The van der Waals surface area contributed by atoms with Crippen LogP contribution in [-0.4, -0.2) is 36.5 Å². The highest BCUT2D eigenvalue weighted by Gasteiger charge is 2.32. The number of rotatable bonds is 3. The molecule has 18 heavy (non-hydrogen) atoms. The zero-order valence-electron chi connectivity index (χ0n) is 10.4. The fourth-order valence-electron chi connectivity index (χ4n) is 2.09. The first-order valence-corrected chi connectivity index (χ1v) is 6.19. The van der Waals surface area contributed by atoms with Crippen LogP contribution >= 0.6 is 0 Å². The van der Waals surface area contributed by atoms with Crippen LogP contribution in [0.15, 0.2) is 30.3 Å². The van der Waals surface area contributed by atoms with Crippen LogP contribution in [0.25, 0.3) is 0 Å². The van der Waals surface area contributed by atoms with Gasteiger partial charge in [0.25, 0.3) is 0 Å². The standard InChI is InChI=1S/C14H18O4/c1-10-7-12(13(8-15)17-9-10)18-14(16)11-5-3-2-4-6-11/h2-6,10,12-13,15H,7-9H2,1H3/t10?,12-,13?/m0/s1. The third kappa shape index (κ3) is 3.09. The lowest BCUT2D eigenvalue weighted by Gasteiger charge is -2.33. The van der Waals surface area contributed by atoms with Gasteiger partial charge >= 0.3 is 5.97 Å². The van der Waals surface area contributed by atoms with Crippen LogP contribution in [0.1, 0.15) is 23.7 Å². The number of benzene rings is 1. The third-order valence-corrected chi connectivity index (χ3v) is 3.09. The summed E-state index contributed by atoms with van der Waals surface area (Å²) >= 11 is 0. The van der Waals surface area contributed by atoms with Crippen LogP contribution < -0.4 is 0 Å². The molecule has 0 saturated carbocycles. The number of hydrogen-bond acceptors (Lipinski definition) is 4. The second kappa shape index (κ2) is 5.98. The molecule has 0 radical (unpaired) electrons. The molecule has 1 heterocycles. The molecule has 4 nitrogen and oxygen atoms in total. The molecule has 0 spiro atoms. The van der Waals surface area contributed by atoms with E-state index in [1.54, 1.807) is 24.3 Å². The Morgan fingerprint density at radius 3 is 2.83 bits per heavy atom. The lowest BCUT2D eigenvalue weighted by molar-refractivity contribution is -0.118. The molecule has 2 unspecified atom stereocenters. The maximum Gasteiger partial charge on any atom is 0.338 e. The van der Waals surface area contributed by atoms with Gasteiger partial charge in [-0.25, -0.2) is 4.79 Å². The summed E-state index contributed by atoms with van der Waals surface area (Å²) in [6, 6.07) is 8.85. The molecule has 0 amide bonds. The van der Waals surface area contributed by atoms with E-state index in [4.69, 9.17) is 9.47 Å². The van der Waals surface area contributed by atoms with E-state index in [0.717, 1.165) is 6.42 Å². The van der Waals surface area contributed by atoms with Crippen molar-refractivity contribution in [2.75, 3.05) is 13.2 Å². The van der Waals surface area contributed by atoms with Gasteiger partial charge < -0.3 is 14.6 Å². The molecule has 98 valence electrons. The minimum absolute atomic E-state index is 0.126. The summed E-state index contributed by atoms with van der Waals surface area (Å²) in [5, 5.41) is 9.21. The zero-order chi connectivity index (χ0) is 13.0. The Balaban J connectivity index is 2.01. The second-order valence-corrected chi connectivity index (χ2v) is 4.71. The number of carbonyl (C=O) groups excluding carboxylic acids is 1. The minimum atomic E-state index is -0.408. The first-order chi connectivity index (χ1) is 8.70. The molecule has 0 bridgehead atoms. The van der Waals surface area contributed by atoms with Crippen molar-refractivity contribution in [1.82, 2.24) is 0 Å². The normalized spacial score (nSPS) is 27.8. The summed E-state index contributed by atoms with van der Waals surface area (Å²) in [5.74, 6) is -0.0295. The van der Waals surface area contributed by atoms with E-state index in [2.05, 4.69) is 0 Å². The van der Waals surface area contributed by atoms with Gasteiger partial charge in [0.05, 0.1) is 12.2 Å². The zero-order valence-corrected chi connectivity index (χ0v) is 10.4. The van der Waals surface area contributed by atoms with Crippen molar-refractivity contribution < 1.29 is 19.4 Å². The second-order valence-electron chi connectivity index (χ2n) is 4.71. The van der Waals surface area contributed by atoms with Crippen molar-refractivity contribution in [3.63, 3.8) is 0 Å². The minimum Gasteiger partial charge on any atom is -0.456 e. The summed E-state index contributed by atoms with van der Waals surface area (Å²) < 4.78 is 10.9. The Bertz CT molecular complexity index is 390. The van der Waals surface area contributed by atoms with Crippen LogP contribution in [0.2, 0.25) is 0 Å². The molecule has 3 atom stereocenters. The smallest absolute Gasteiger partial charge is 0.338 e. The van der Waals surface area contributed by atoms with E-state index in [9.17, 15) is 9.90 Å². The highest BCUT2D eigenvalue weighted by molar-refractivity contribution is 5.89. The largest absolute Gasteiger partial charge is 0.456 e. The van der Waals surface area contributed by atoms with Crippen LogP contribution in [0.4, 0.5) is 0 Å². The Morgan fingerprint density at radius 2 is 2.17 bits per heavy atom. The lowest BCUT2D eigenvalue weighted by atomic mass is 9.97. The Morgan fingerprint density at radius 1 is 1.44 bits per heavy atom. The lowest BCUT2D eigenvalue weighted by Crippen LogP contribution is -2.42. The van der Waals surface area contributed by atoms with Crippen molar-refractivity contribution in [2.24, 2.45) is 5.92 Å². The van der Waals surface area contributed by atoms with Gasteiger partial charge in [0, 0.05) is 6.61 Å². The summed E-state index contributed by atoms with van der Waals surface area (Å²) in [7, 11) is 0. The first-order valence-electron chi connectivity index (χ1n) is 6.19. The highest BCUT2D eigenvalue weighted by Crippen LogP contribution is 2.22. The molecule has 1 fully saturated rings. The van der Waals surface area contributed by atoms with E-state index in [1.807, 2.05) is 13.0 Å². The van der Waals surface area contributed by atoms with E-state index in [-0.39, 0.29) is 18.7 Å². The Labute approximate surface area is 107 Å². The van der Waals surface area contributed by atoms with Crippen LogP contribution in [0.3, 0.4) is 0 Å². The van der Waals surface area contributed by atoms with Gasteiger partial charge in [-0.1, -0.05) is 25.1 Å². The van der Waals surface area contributed by atoms with E-state index < -0.39 is 6.10 Å². The molecule has 1 aliphatic rings. The number of esters is 1. The van der Waals surface area contributed by atoms with Gasteiger partial charge in [0.15, 0.2) is 0 Å². The molecule has 2 rings (SSSR count). The fourth-order valence-corrected chi connectivity index (χ4v) is 2.09. The topological polar surface area (TPSA) is 55.8 Å². The number of aliphatic hydroxyl groups is 1. The molecule has 1 aromatic carbocycles. The average molecular weight is 250 g/mol. The molecule has 1 N–H and O–H groups in total. The maximum atomic E-state index is 11.9. The third-order valence-electron chi connectivity index (χ3n) is 3.09. The number of carbonyl (C=O) groups is 1. The summed E-state index contributed by atoms with van der Waals surface area (Å²) in [6.07, 6.45) is -0.0515. The molecule has 0 aromatic heterocycles. The molecule has 1 saturated heterocycles. The van der Waals surface area contributed by atoms with E-state index in [1.165, 1.54) is 0 Å². The summed E-state index contributed by atoms with van der Waals surface area (Å²) in [4.78, 5) is 11.9. The Kier molecular flexibility index (Phi) is 4.33. The van der Waals surface area contributed by atoms with Crippen molar-refractivity contribution in [3.8, 4) is 0 Å². The van der Waals surface area contributed by atoms with Crippen LogP contribution in [0, 0.1) is 5.92 Å². The van der Waals surface area contributed by atoms with E-state index in [0.29, 0.717) is 18.1 Å². The number of hydrogen-bond donors (Lipinski definition) is 1. The van der Waals surface area contributed by atoms with Gasteiger partial charge in [-0.15, -0.1) is 0 Å². The molecule has 4 heteroatoms. The number of aliphatic hydroxyl groups excluding tert-OH is 1. The van der Waals surface area contributed by atoms with Crippen molar-refractivity contribution in [1.29, 1.82) is 0 Å². The Hall–Kier alpha value is -1.39. The van der Waals surface area contributed by atoms with Gasteiger partial charge in [-0.05, 0) is 24.5 Å². The van der Waals surface area contributed by atoms with Gasteiger partial charge in [-0.2, -0.15) is 0 Å². The molecule has 1 aliphatic heterocycles. The highest BCUT2D eigenvalue weighted by atomic mass is 16.6. The quantitative estimate of drug-likeness (QED) is 0.828. The van der Waals surface area contributed by atoms with Crippen molar-refractivity contribution >= 4 is 5.97 Å². The molecule has 0 aliphatic carbocycles. The molecular formula is C14H18O4. The van der Waals surface area contributed by atoms with Crippen LogP contribution in [-0.2, 0) is 9.47 Å². The van der Waals surface area contributed by atoms with Gasteiger partial charge in [0.1, 0.15) is 12.2 Å². The first kappa shape index (κ1) is 13.1. The van der Waals surface area contributed by atoms with Gasteiger partial charge in [-0.3, -0.25) is 0 Å². The summed E-state index contributed by atoms with van der Waals surface area (Å²) in [5.41, 5.74) is 0.521. The fraction of sp³-hybridized carbons (Fsp3) is 0.500. The molecule has 1 aromatic rings. The monoisotopic (exact) mass is 250 g/mol. The SMILES string of the molecule is CC1COC(CO)[C@@H](OC(=O)c2ccccc2)C1. The van der Waals surface area contributed by atoms with E-state index >= 15 is 0 Å². The predicted molar refractivity (Wildman–Crippen MR) is 66.3 cm³/mol. The molecular weight excluding hydrogens is 232 g/mol. The van der Waals surface area contributed by atoms with Crippen molar-refractivity contribution in [2.45, 2.75) is 25.6 Å². The van der Waals surface area contributed by atoms with Crippen LogP contribution in [0.5, 0.6) is 0 Å². The van der Waals surface area contributed by atoms with Gasteiger partial charge in [0.2, 0.25) is 0 Å². The predicted octanol–water partition coefficient (Wildman–Crippen LogP) is 1.63. The van der Waals surface area contributed by atoms with Crippen molar-refractivity contribution in [3.05, 3.63) is 35.9 Å².